The van der Waals surface area contributed by atoms with Gasteiger partial charge in [0.2, 0.25) is 0 Å². The van der Waals surface area contributed by atoms with Gasteiger partial charge in [-0.1, -0.05) is 13.8 Å². The molecule has 1 aromatic heterocycles. The maximum atomic E-state index is 4.43. The topological polar surface area (TPSA) is 17.8 Å². The Balaban J connectivity index is 3.19. The average Bonchev–Trinajstić information content (AvgIpc) is 2.25. The van der Waals surface area contributed by atoms with E-state index in [-0.39, 0.29) is 0 Å². The predicted octanol–water partition coefficient (Wildman–Crippen LogP) is 2.75. The SMILES string of the molecule is CSn1nc(C)c(C(C)C)c1C. The van der Waals surface area contributed by atoms with Gasteiger partial charge < -0.3 is 0 Å². The predicted molar refractivity (Wildman–Crippen MR) is 54.7 cm³/mol. The lowest BCUT2D eigenvalue weighted by atomic mass is 10.0. The molecule has 0 aliphatic heterocycles. The summed E-state index contributed by atoms with van der Waals surface area (Å²) in [6.07, 6.45) is 2.05. The highest BCUT2D eigenvalue weighted by molar-refractivity contribution is 7.97. The zero-order valence-corrected chi connectivity index (χ0v) is 9.20. The molecule has 0 saturated carbocycles. The van der Waals surface area contributed by atoms with E-state index in [0.29, 0.717) is 5.92 Å². The number of rotatable bonds is 2. The molecule has 0 fully saturated rings. The van der Waals surface area contributed by atoms with Crippen molar-refractivity contribution in [2.45, 2.75) is 33.6 Å². The Morgan fingerprint density at radius 1 is 1.33 bits per heavy atom. The molecule has 0 amide bonds. The normalized spacial score (nSPS) is 11.2. The third-order valence-electron chi connectivity index (χ3n) is 2.06. The second kappa shape index (κ2) is 3.52. The molecule has 1 rings (SSSR count). The highest BCUT2D eigenvalue weighted by Crippen LogP contribution is 2.24. The highest BCUT2D eigenvalue weighted by atomic mass is 32.2. The highest BCUT2D eigenvalue weighted by Gasteiger charge is 2.13. The monoisotopic (exact) mass is 184 g/mol. The molecule has 3 heteroatoms. The molecule has 68 valence electrons. The summed E-state index contributed by atoms with van der Waals surface area (Å²) >= 11 is 1.65. The van der Waals surface area contributed by atoms with E-state index in [1.54, 1.807) is 11.9 Å². The number of hydrogen-bond acceptors (Lipinski definition) is 2. The molecule has 1 heterocycles. The summed E-state index contributed by atoms with van der Waals surface area (Å²) in [4.78, 5) is 0. The van der Waals surface area contributed by atoms with Crippen LogP contribution in [0.2, 0.25) is 0 Å². The molecule has 0 aliphatic carbocycles. The van der Waals surface area contributed by atoms with E-state index >= 15 is 0 Å². The van der Waals surface area contributed by atoms with Gasteiger partial charge in [0, 0.05) is 6.26 Å². The molecule has 0 spiro atoms. The van der Waals surface area contributed by atoms with E-state index in [9.17, 15) is 0 Å². The number of nitrogens with zero attached hydrogens (tertiary/aromatic N) is 2. The van der Waals surface area contributed by atoms with Crippen molar-refractivity contribution in [3.63, 3.8) is 0 Å². The van der Waals surface area contributed by atoms with Crippen LogP contribution in [0, 0.1) is 13.8 Å². The third-order valence-corrected chi connectivity index (χ3v) is 2.76. The number of aryl methyl sites for hydroxylation is 1. The van der Waals surface area contributed by atoms with Gasteiger partial charge in [-0.25, -0.2) is 4.09 Å². The van der Waals surface area contributed by atoms with Crippen molar-refractivity contribution in [3.05, 3.63) is 17.0 Å². The first-order valence-corrected chi connectivity index (χ1v) is 5.36. The Hall–Kier alpha value is -0.440. The van der Waals surface area contributed by atoms with E-state index < -0.39 is 0 Å². The van der Waals surface area contributed by atoms with Gasteiger partial charge in [-0.05, 0) is 37.3 Å². The first-order chi connectivity index (χ1) is 5.57. The molecule has 0 saturated heterocycles. The Morgan fingerprint density at radius 3 is 2.17 bits per heavy atom. The van der Waals surface area contributed by atoms with Crippen LogP contribution in [0.1, 0.15) is 36.7 Å². The third kappa shape index (κ3) is 1.51. The van der Waals surface area contributed by atoms with Crippen LogP contribution in [-0.2, 0) is 0 Å². The Labute approximate surface area is 78.5 Å². The fraction of sp³-hybridized carbons (Fsp3) is 0.667. The summed E-state index contributed by atoms with van der Waals surface area (Å²) in [6, 6.07) is 0. The van der Waals surface area contributed by atoms with Crippen LogP contribution in [0.3, 0.4) is 0 Å². The second-order valence-electron chi connectivity index (χ2n) is 3.29. The van der Waals surface area contributed by atoms with Crippen molar-refractivity contribution in [1.29, 1.82) is 0 Å². The second-order valence-corrected chi connectivity index (χ2v) is 4.01. The van der Waals surface area contributed by atoms with Gasteiger partial charge in [-0.3, -0.25) is 0 Å². The van der Waals surface area contributed by atoms with Crippen molar-refractivity contribution >= 4 is 11.9 Å². The lowest BCUT2D eigenvalue weighted by Crippen LogP contribution is -1.93. The molecule has 0 aromatic carbocycles. The van der Waals surface area contributed by atoms with Gasteiger partial charge in [-0.2, -0.15) is 5.10 Å². The molecule has 0 aliphatic rings. The summed E-state index contributed by atoms with van der Waals surface area (Å²) in [5.74, 6) is 0.575. The number of aromatic nitrogens is 2. The van der Waals surface area contributed by atoms with Crippen molar-refractivity contribution in [2.75, 3.05) is 6.26 Å². The summed E-state index contributed by atoms with van der Waals surface area (Å²) < 4.78 is 1.99. The van der Waals surface area contributed by atoms with Gasteiger partial charge >= 0.3 is 0 Å². The minimum absolute atomic E-state index is 0.575. The maximum absolute atomic E-state index is 4.43. The van der Waals surface area contributed by atoms with Crippen LogP contribution in [0.4, 0.5) is 0 Å². The molecule has 12 heavy (non-hydrogen) atoms. The fourth-order valence-electron chi connectivity index (χ4n) is 1.64. The van der Waals surface area contributed by atoms with Crippen LogP contribution in [0.15, 0.2) is 0 Å². The van der Waals surface area contributed by atoms with Gasteiger partial charge in [0.05, 0.1) is 11.4 Å². The smallest absolute Gasteiger partial charge is 0.0641 e. The minimum atomic E-state index is 0.575. The van der Waals surface area contributed by atoms with E-state index in [1.165, 1.54) is 11.3 Å². The minimum Gasteiger partial charge on any atom is -0.211 e. The largest absolute Gasteiger partial charge is 0.211 e. The van der Waals surface area contributed by atoms with Gasteiger partial charge in [0.1, 0.15) is 0 Å². The Bertz CT molecular complexity index is 276. The molecule has 0 N–H and O–H groups in total. The Kier molecular flexibility index (Phi) is 2.83. The van der Waals surface area contributed by atoms with Gasteiger partial charge in [0.15, 0.2) is 0 Å². The van der Waals surface area contributed by atoms with Crippen LogP contribution in [-0.4, -0.2) is 15.4 Å². The molecule has 0 radical (unpaired) electrons. The zero-order chi connectivity index (χ0) is 9.30. The maximum Gasteiger partial charge on any atom is 0.0641 e. The molecule has 1 aromatic rings. The molecule has 0 unspecified atom stereocenters. The van der Waals surface area contributed by atoms with Crippen LogP contribution in [0.25, 0.3) is 0 Å². The molecule has 0 bridgehead atoms. The molecular weight excluding hydrogens is 168 g/mol. The summed E-state index contributed by atoms with van der Waals surface area (Å²) in [7, 11) is 0. The van der Waals surface area contributed by atoms with Crippen LogP contribution >= 0.6 is 11.9 Å². The lowest BCUT2D eigenvalue weighted by Gasteiger charge is -2.04. The molecule has 0 atom stereocenters. The van der Waals surface area contributed by atoms with Gasteiger partial charge in [0.25, 0.3) is 0 Å². The van der Waals surface area contributed by atoms with E-state index in [4.69, 9.17) is 0 Å². The van der Waals surface area contributed by atoms with Crippen molar-refractivity contribution in [2.24, 2.45) is 0 Å². The molecule has 2 nitrogen and oxygen atoms in total. The quantitative estimate of drug-likeness (QED) is 0.703. The summed E-state index contributed by atoms with van der Waals surface area (Å²) in [6.45, 7) is 8.63. The summed E-state index contributed by atoms with van der Waals surface area (Å²) in [5.41, 5.74) is 3.84. The lowest BCUT2D eigenvalue weighted by molar-refractivity contribution is 0.847. The average molecular weight is 184 g/mol. The van der Waals surface area contributed by atoms with Crippen molar-refractivity contribution in [3.8, 4) is 0 Å². The van der Waals surface area contributed by atoms with Crippen molar-refractivity contribution < 1.29 is 0 Å². The van der Waals surface area contributed by atoms with E-state index in [2.05, 4.69) is 32.8 Å². The standard InChI is InChI=1S/C9H16N2S/c1-6(2)9-7(3)10-11(12-5)8(9)4/h6H,1-5H3. The van der Waals surface area contributed by atoms with E-state index in [1.807, 2.05) is 10.3 Å². The fourth-order valence-corrected chi connectivity index (χ4v) is 2.22. The number of hydrogen-bond donors (Lipinski definition) is 0. The zero-order valence-electron chi connectivity index (χ0n) is 8.38. The molecular formula is C9H16N2S. The van der Waals surface area contributed by atoms with Crippen molar-refractivity contribution in [1.82, 2.24) is 9.19 Å². The summed E-state index contributed by atoms with van der Waals surface area (Å²) in [5, 5.41) is 4.43. The van der Waals surface area contributed by atoms with Crippen LogP contribution < -0.4 is 0 Å². The Morgan fingerprint density at radius 2 is 1.92 bits per heavy atom. The van der Waals surface area contributed by atoms with Gasteiger partial charge in [-0.15, -0.1) is 0 Å². The first-order valence-electron chi connectivity index (χ1n) is 4.18. The van der Waals surface area contributed by atoms with Crippen LogP contribution in [0.5, 0.6) is 0 Å². The van der Waals surface area contributed by atoms with E-state index in [0.717, 1.165) is 5.69 Å². The first kappa shape index (κ1) is 9.65.